The van der Waals surface area contributed by atoms with Gasteiger partial charge in [-0.2, -0.15) is 0 Å². The first-order valence-corrected chi connectivity index (χ1v) is 8.92. The van der Waals surface area contributed by atoms with E-state index in [1.54, 1.807) is 0 Å². The van der Waals surface area contributed by atoms with E-state index in [4.69, 9.17) is 0 Å². The summed E-state index contributed by atoms with van der Waals surface area (Å²) in [5.74, 6) is 0.0689. The van der Waals surface area contributed by atoms with Crippen LogP contribution in [0, 0.1) is 0 Å². The van der Waals surface area contributed by atoms with Gasteiger partial charge in [0.1, 0.15) is 0 Å². The van der Waals surface area contributed by atoms with Crippen LogP contribution in [0.4, 0.5) is 11.4 Å². The van der Waals surface area contributed by atoms with Gasteiger partial charge in [-0.3, -0.25) is 4.79 Å². The monoisotopic (exact) mass is 330 g/mol. The average molecular weight is 330 g/mol. The topological polar surface area (TPSA) is 32.3 Å². The molecular formula is C22H22N2O. The molecule has 25 heavy (non-hydrogen) atoms. The van der Waals surface area contributed by atoms with Crippen LogP contribution in [0.3, 0.4) is 0 Å². The summed E-state index contributed by atoms with van der Waals surface area (Å²) in [5.41, 5.74) is 3.57. The van der Waals surface area contributed by atoms with Crippen molar-refractivity contribution >= 4 is 28.1 Å². The molecule has 0 aromatic heterocycles. The molecule has 1 amide bonds. The lowest BCUT2D eigenvalue weighted by molar-refractivity contribution is -0.116. The Morgan fingerprint density at radius 1 is 0.960 bits per heavy atom. The first-order valence-electron chi connectivity index (χ1n) is 8.92. The van der Waals surface area contributed by atoms with Gasteiger partial charge in [-0.05, 0) is 35.9 Å². The number of carbonyl (C=O) groups is 1. The molecule has 0 radical (unpaired) electrons. The number of para-hydroxylation sites is 1. The van der Waals surface area contributed by atoms with Crippen molar-refractivity contribution in [2.75, 3.05) is 23.3 Å². The van der Waals surface area contributed by atoms with E-state index in [0.29, 0.717) is 6.42 Å². The maximum Gasteiger partial charge on any atom is 0.226 e. The Bertz CT molecular complexity index is 898. The molecule has 1 heterocycles. The molecule has 3 aromatic carbocycles. The van der Waals surface area contributed by atoms with Crippen LogP contribution in [-0.2, 0) is 11.2 Å². The van der Waals surface area contributed by atoms with E-state index >= 15 is 0 Å². The molecule has 0 spiro atoms. The molecule has 1 aliphatic heterocycles. The Balaban J connectivity index is 1.43. The Morgan fingerprint density at radius 2 is 1.76 bits per heavy atom. The highest BCUT2D eigenvalue weighted by Gasteiger charge is 2.17. The second kappa shape index (κ2) is 6.98. The van der Waals surface area contributed by atoms with Crippen molar-refractivity contribution in [2.24, 2.45) is 0 Å². The number of hydrogen-bond donors (Lipinski definition) is 1. The highest BCUT2D eigenvalue weighted by Crippen LogP contribution is 2.27. The highest BCUT2D eigenvalue weighted by atomic mass is 16.1. The third-order valence-corrected chi connectivity index (χ3v) is 4.88. The predicted molar refractivity (Wildman–Crippen MR) is 104 cm³/mol. The SMILES string of the molecule is O=C(CCN1CCCc2ccccc21)Nc1cccc2ccccc12. The summed E-state index contributed by atoms with van der Waals surface area (Å²) >= 11 is 0. The zero-order valence-corrected chi connectivity index (χ0v) is 14.2. The zero-order chi connectivity index (χ0) is 17.1. The molecule has 3 heteroatoms. The lowest BCUT2D eigenvalue weighted by atomic mass is 10.0. The van der Waals surface area contributed by atoms with E-state index in [1.807, 2.05) is 30.3 Å². The Kier molecular flexibility index (Phi) is 4.38. The van der Waals surface area contributed by atoms with Gasteiger partial charge >= 0.3 is 0 Å². The molecule has 3 aromatic rings. The predicted octanol–water partition coefficient (Wildman–Crippen LogP) is 4.62. The second-order valence-corrected chi connectivity index (χ2v) is 6.54. The minimum atomic E-state index is 0.0689. The highest BCUT2D eigenvalue weighted by molar-refractivity contribution is 6.02. The van der Waals surface area contributed by atoms with Crippen molar-refractivity contribution in [3.63, 3.8) is 0 Å². The zero-order valence-electron chi connectivity index (χ0n) is 14.2. The molecule has 1 N–H and O–H groups in total. The minimum absolute atomic E-state index is 0.0689. The molecule has 0 aliphatic carbocycles. The van der Waals surface area contributed by atoms with Gasteiger partial charge in [0.25, 0.3) is 0 Å². The van der Waals surface area contributed by atoms with E-state index in [0.717, 1.165) is 42.4 Å². The number of fused-ring (bicyclic) bond motifs is 2. The van der Waals surface area contributed by atoms with Gasteiger partial charge in [0.2, 0.25) is 5.91 Å². The first kappa shape index (κ1) is 15.7. The lowest BCUT2D eigenvalue weighted by Gasteiger charge is -2.31. The molecule has 3 nitrogen and oxygen atoms in total. The van der Waals surface area contributed by atoms with E-state index in [2.05, 4.69) is 46.6 Å². The van der Waals surface area contributed by atoms with Crippen LogP contribution in [0.15, 0.2) is 66.7 Å². The van der Waals surface area contributed by atoms with Gasteiger partial charge in [0.15, 0.2) is 0 Å². The third-order valence-electron chi connectivity index (χ3n) is 4.88. The van der Waals surface area contributed by atoms with Gasteiger partial charge < -0.3 is 10.2 Å². The van der Waals surface area contributed by atoms with Crippen LogP contribution in [0.5, 0.6) is 0 Å². The quantitative estimate of drug-likeness (QED) is 0.757. The number of anilines is 2. The smallest absolute Gasteiger partial charge is 0.226 e. The fraction of sp³-hybridized carbons (Fsp3) is 0.227. The van der Waals surface area contributed by atoms with Crippen molar-refractivity contribution in [1.82, 2.24) is 0 Å². The molecule has 0 bridgehead atoms. The minimum Gasteiger partial charge on any atom is -0.371 e. The summed E-state index contributed by atoms with van der Waals surface area (Å²) in [5, 5.41) is 5.31. The van der Waals surface area contributed by atoms with Gasteiger partial charge in [-0.15, -0.1) is 0 Å². The maximum absolute atomic E-state index is 12.5. The van der Waals surface area contributed by atoms with Crippen molar-refractivity contribution in [2.45, 2.75) is 19.3 Å². The lowest BCUT2D eigenvalue weighted by Crippen LogP contribution is -2.32. The van der Waals surface area contributed by atoms with Crippen molar-refractivity contribution in [3.05, 3.63) is 72.3 Å². The molecule has 0 atom stereocenters. The second-order valence-electron chi connectivity index (χ2n) is 6.54. The largest absolute Gasteiger partial charge is 0.371 e. The summed E-state index contributed by atoms with van der Waals surface area (Å²) in [6.45, 7) is 1.78. The maximum atomic E-state index is 12.5. The van der Waals surface area contributed by atoms with E-state index in [-0.39, 0.29) is 5.91 Å². The van der Waals surface area contributed by atoms with Gasteiger partial charge in [-0.25, -0.2) is 0 Å². The van der Waals surface area contributed by atoms with Crippen molar-refractivity contribution in [1.29, 1.82) is 0 Å². The molecule has 0 saturated carbocycles. The third kappa shape index (κ3) is 3.36. The van der Waals surface area contributed by atoms with Crippen LogP contribution < -0.4 is 10.2 Å². The van der Waals surface area contributed by atoms with Crippen LogP contribution in [0.25, 0.3) is 10.8 Å². The molecule has 126 valence electrons. The molecule has 0 fully saturated rings. The number of rotatable bonds is 4. The summed E-state index contributed by atoms with van der Waals surface area (Å²) in [7, 11) is 0. The number of aryl methyl sites for hydroxylation is 1. The molecule has 0 unspecified atom stereocenters. The fourth-order valence-corrected chi connectivity index (χ4v) is 3.63. The van der Waals surface area contributed by atoms with Crippen LogP contribution in [0.1, 0.15) is 18.4 Å². The van der Waals surface area contributed by atoms with E-state index < -0.39 is 0 Å². The first-order chi connectivity index (χ1) is 12.3. The van der Waals surface area contributed by atoms with Gasteiger partial charge in [0.05, 0.1) is 0 Å². The normalized spacial score (nSPS) is 13.5. The molecule has 0 saturated heterocycles. The summed E-state index contributed by atoms with van der Waals surface area (Å²) in [6.07, 6.45) is 2.79. The Morgan fingerprint density at radius 3 is 2.72 bits per heavy atom. The number of hydrogen-bond acceptors (Lipinski definition) is 2. The summed E-state index contributed by atoms with van der Waals surface area (Å²) in [6, 6.07) is 22.7. The van der Waals surface area contributed by atoms with Gasteiger partial charge in [0, 0.05) is 36.3 Å². The Hall–Kier alpha value is -2.81. The van der Waals surface area contributed by atoms with Crippen molar-refractivity contribution in [3.8, 4) is 0 Å². The number of nitrogens with one attached hydrogen (secondary N) is 1. The molecule has 1 aliphatic rings. The standard InChI is InChI=1S/C22H22N2O/c25-22(23-20-12-5-9-17-7-1-3-11-19(17)20)14-16-24-15-6-10-18-8-2-4-13-21(18)24/h1-5,7-9,11-13H,6,10,14-16H2,(H,23,25). The number of nitrogens with zero attached hydrogens (tertiary/aromatic N) is 1. The molecular weight excluding hydrogens is 308 g/mol. The van der Waals surface area contributed by atoms with Gasteiger partial charge in [-0.1, -0.05) is 54.6 Å². The van der Waals surface area contributed by atoms with Crippen molar-refractivity contribution < 1.29 is 4.79 Å². The number of benzene rings is 3. The Labute approximate surface area is 148 Å². The van der Waals surface area contributed by atoms with E-state index in [9.17, 15) is 4.79 Å². The summed E-state index contributed by atoms with van der Waals surface area (Å²) in [4.78, 5) is 14.8. The summed E-state index contributed by atoms with van der Waals surface area (Å²) < 4.78 is 0. The van der Waals surface area contributed by atoms with E-state index in [1.165, 1.54) is 11.3 Å². The number of carbonyl (C=O) groups excluding carboxylic acids is 1. The van der Waals surface area contributed by atoms with Crippen LogP contribution in [-0.4, -0.2) is 19.0 Å². The fourth-order valence-electron chi connectivity index (χ4n) is 3.63. The van der Waals surface area contributed by atoms with Crippen LogP contribution >= 0.6 is 0 Å². The number of amides is 1. The van der Waals surface area contributed by atoms with Crippen LogP contribution in [0.2, 0.25) is 0 Å². The average Bonchev–Trinajstić information content (AvgIpc) is 2.66. The molecule has 4 rings (SSSR count).